The predicted octanol–water partition coefficient (Wildman–Crippen LogP) is 3.92. The Bertz CT molecular complexity index is 539. The topological polar surface area (TPSA) is 21.3 Å². The molecule has 1 N–H and O–H groups in total. The molecule has 2 aromatic carbocycles. The number of rotatable bonds is 6. The maximum absolute atomic E-state index is 13.1. The molecule has 2 aromatic rings. The molecule has 1 atom stereocenters. The van der Waals surface area contributed by atoms with Crippen LogP contribution in [-0.4, -0.2) is 13.2 Å². The first-order chi connectivity index (χ1) is 9.74. The fourth-order valence-corrected chi connectivity index (χ4v) is 2.24. The molecule has 2 nitrogen and oxygen atoms in total. The van der Waals surface area contributed by atoms with Gasteiger partial charge in [0.05, 0.1) is 12.6 Å². The molecular formula is C17H20FNO. The van der Waals surface area contributed by atoms with Crippen molar-refractivity contribution in [1.29, 1.82) is 0 Å². The summed E-state index contributed by atoms with van der Waals surface area (Å²) in [7, 11) is 0. The zero-order valence-corrected chi connectivity index (χ0v) is 11.9. The molecule has 0 saturated carbocycles. The summed E-state index contributed by atoms with van der Waals surface area (Å²) in [5.74, 6) is 0.641. The molecule has 0 fully saturated rings. The highest BCUT2D eigenvalue weighted by Gasteiger charge is 2.13. The van der Waals surface area contributed by atoms with E-state index in [2.05, 4.69) is 18.3 Å². The molecule has 1 unspecified atom stereocenters. The Morgan fingerprint density at radius 2 is 1.80 bits per heavy atom. The van der Waals surface area contributed by atoms with Gasteiger partial charge in [-0.25, -0.2) is 4.39 Å². The molecule has 0 aliphatic rings. The van der Waals surface area contributed by atoms with Crippen LogP contribution >= 0.6 is 0 Å². The Balaban J connectivity index is 2.32. The lowest BCUT2D eigenvalue weighted by Gasteiger charge is -2.19. The summed E-state index contributed by atoms with van der Waals surface area (Å²) in [6.07, 6.45) is 0. The monoisotopic (exact) mass is 273 g/mol. The second-order valence-corrected chi connectivity index (χ2v) is 4.55. The average molecular weight is 273 g/mol. The number of hydrogen-bond acceptors (Lipinski definition) is 2. The van der Waals surface area contributed by atoms with Crippen LogP contribution in [0.4, 0.5) is 4.39 Å². The van der Waals surface area contributed by atoms with E-state index < -0.39 is 0 Å². The lowest BCUT2D eigenvalue weighted by Crippen LogP contribution is -2.22. The summed E-state index contributed by atoms with van der Waals surface area (Å²) in [5, 5.41) is 3.43. The molecule has 20 heavy (non-hydrogen) atoms. The number of benzene rings is 2. The van der Waals surface area contributed by atoms with Gasteiger partial charge in [-0.05, 0) is 48.9 Å². The van der Waals surface area contributed by atoms with Gasteiger partial charge in [-0.1, -0.05) is 31.2 Å². The first kappa shape index (κ1) is 14.5. The molecule has 0 amide bonds. The molecule has 0 aliphatic heterocycles. The maximum atomic E-state index is 13.1. The average Bonchev–Trinajstić information content (AvgIpc) is 2.47. The number of ether oxygens (including phenoxy) is 1. The van der Waals surface area contributed by atoms with Gasteiger partial charge < -0.3 is 10.1 Å². The van der Waals surface area contributed by atoms with E-state index in [0.29, 0.717) is 6.61 Å². The molecule has 0 bridgehead atoms. The Morgan fingerprint density at radius 1 is 1.05 bits per heavy atom. The van der Waals surface area contributed by atoms with Gasteiger partial charge >= 0.3 is 0 Å². The minimum atomic E-state index is -0.216. The minimum absolute atomic E-state index is 0.0426. The molecule has 106 valence electrons. The van der Waals surface area contributed by atoms with E-state index in [4.69, 9.17) is 4.74 Å². The van der Waals surface area contributed by atoms with Gasteiger partial charge in [-0.15, -0.1) is 0 Å². The van der Waals surface area contributed by atoms with Crippen LogP contribution in [0, 0.1) is 5.82 Å². The van der Waals surface area contributed by atoms with Crippen molar-refractivity contribution in [2.75, 3.05) is 13.2 Å². The molecule has 0 spiro atoms. The first-order valence-electron chi connectivity index (χ1n) is 6.96. The Labute approximate surface area is 119 Å². The highest BCUT2D eigenvalue weighted by atomic mass is 19.1. The molecule has 0 aliphatic carbocycles. The van der Waals surface area contributed by atoms with Crippen molar-refractivity contribution in [1.82, 2.24) is 5.32 Å². The summed E-state index contributed by atoms with van der Waals surface area (Å²) in [6.45, 7) is 5.50. The minimum Gasteiger partial charge on any atom is -0.494 e. The van der Waals surface area contributed by atoms with E-state index >= 15 is 0 Å². The third-order valence-electron chi connectivity index (χ3n) is 3.11. The zero-order valence-electron chi connectivity index (χ0n) is 11.9. The van der Waals surface area contributed by atoms with Gasteiger partial charge in [0.1, 0.15) is 11.6 Å². The van der Waals surface area contributed by atoms with Crippen LogP contribution in [0.25, 0.3) is 0 Å². The van der Waals surface area contributed by atoms with Crippen molar-refractivity contribution < 1.29 is 9.13 Å². The molecule has 0 aromatic heterocycles. The zero-order chi connectivity index (χ0) is 14.4. The van der Waals surface area contributed by atoms with Crippen LogP contribution in [-0.2, 0) is 0 Å². The first-order valence-corrected chi connectivity index (χ1v) is 6.96. The Hall–Kier alpha value is -1.87. The summed E-state index contributed by atoms with van der Waals surface area (Å²) < 4.78 is 18.6. The van der Waals surface area contributed by atoms with Gasteiger partial charge in [-0.3, -0.25) is 0 Å². The lowest BCUT2D eigenvalue weighted by atomic mass is 9.98. The van der Waals surface area contributed by atoms with Crippen molar-refractivity contribution in [3.63, 3.8) is 0 Å². The lowest BCUT2D eigenvalue weighted by molar-refractivity contribution is 0.339. The Kier molecular flexibility index (Phi) is 5.13. The third kappa shape index (κ3) is 3.58. The van der Waals surface area contributed by atoms with Crippen molar-refractivity contribution in [3.8, 4) is 5.75 Å². The smallest absolute Gasteiger partial charge is 0.123 e. The Morgan fingerprint density at radius 3 is 2.45 bits per heavy atom. The van der Waals surface area contributed by atoms with Crippen LogP contribution in [0.3, 0.4) is 0 Å². The maximum Gasteiger partial charge on any atom is 0.123 e. The van der Waals surface area contributed by atoms with E-state index in [9.17, 15) is 4.39 Å². The quantitative estimate of drug-likeness (QED) is 0.861. The van der Waals surface area contributed by atoms with Crippen molar-refractivity contribution >= 4 is 0 Å². The van der Waals surface area contributed by atoms with Gasteiger partial charge in [0.2, 0.25) is 0 Å². The highest BCUT2D eigenvalue weighted by Crippen LogP contribution is 2.25. The molecule has 3 heteroatoms. The molecule has 0 saturated heterocycles. The SMILES string of the molecule is CCNC(c1ccc(F)cc1)c1cccc(OCC)c1. The van der Waals surface area contributed by atoms with Crippen molar-refractivity contribution in [2.24, 2.45) is 0 Å². The second-order valence-electron chi connectivity index (χ2n) is 4.55. The number of hydrogen-bond donors (Lipinski definition) is 1. The van der Waals surface area contributed by atoms with Gasteiger partial charge in [0.25, 0.3) is 0 Å². The normalized spacial score (nSPS) is 12.2. The fourth-order valence-electron chi connectivity index (χ4n) is 2.24. The summed E-state index contributed by atoms with van der Waals surface area (Å²) in [4.78, 5) is 0. The van der Waals surface area contributed by atoms with Crippen LogP contribution in [0.15, 0.2) is 48.5 Å². The van der Waals surface area contributed by atoms with E-state index in [1.54, 1.807) is 0 Å². The standard InChI is InChI=1S/C17H20FNO/c1-3-19-17(13-8-10-15(18)11-9-13)14-6-5-7-16(12-14)20-4-2/h5-12,17,19H,3-4H2,1-2H3. The van der Waals surface area contributed by atoms with E-state index in [1.807, 2.05) is 37.3 Å². The molecule has 0 heterocycles. The van der Waals surface area contributed by atoms with Crippen LogP contribution in [0.2, 0.25) is 0 Å². The largest absolute Gasteiger partial charge is 0.494 e. The summed E-state index contributed by atoms with van der Waals surface area (Å²) in [5.41, 5.74) is 2.16. The van der Waals surface area contributed by atoms with E-state index in [0.717, 1.165) is 23.4 Å². The van der Waals surface area contributed by atoms with Gasteiger partial charge in [0, 0.05) is 0 Å². The summed E-state index contributed by atoms with van der Waals surface area (Å²) in [6, 6.07) is 14.7. The van der Waals surface area contributed by atoms with Crippen molar-refractivity contribution in [3.05, 3.63) is 65.5 Å². The van der Waals surface area contributed by atoms with Gasteiger partial charge in [-0.2, -0.15) is 0 Å². The van der Waals surface area contributed by atoms with E-state index in [1.165, 1.54) is 12.1 Å². The number of nitrogens with one attached hydrogen (secondary N) is 1. The van der Waals surface area contributed by atoms with Gasteiger partial charge in [0.15, 0.2) is 0 Å². The molecular weight excluding hydrogens is 253 g/mol. The fraction of sp³-hybridized carbons (Fsp3) is 0.294. The molecule has 0 radical (unpaired) electrons. The van der Waals surface area contributed by atoms with Crippen LogP contribution < -0.4 is 10.1 Å². The third-order valence-corrected chi connectivity index (χ3v) is 3.11. The second kappa shape index (κ2) is 7.06. The highest BCUT2D eigenvalue weighted by molar-refractivity contribution is 5.36. The summed E-state index contributed by atoms with van der Waals surface area (Å²) >= 11 is 0. The van der Waals surface area contributed by atoms with Crippen LogP contribution in [0.5, 0.6) is 5.75 Å². The van der Waals surface area contributed by atoms with Crippen molar-refractivity contribution in [2.45, 2.75) is 19.9 Å². The van der Waals surface area contributed by atoms with Crippen LogP contribution in [0.1, 0.15) is 31.0 Å². The molecule has 2 rings (SSSR count). The number of halogens is 1. The van der Waals surface area contributed by atoms with E-state index in [-0.39, 0.29) is 11.9 Å². The predicted molar refractivity (Wildman–Crippen MR) is 79.5 cm³/mol.